The molecule has 84 valence electrons. The third-order valence-electron chi connectivity index (χ3n) is 0. The summed E-state index contributed by atoms with van der Waals surface area (Å²) in [7, 11) is 0. The molecular formula is C14H28. The van der Waals surface area contributed by atoms with E-state index in [1.807, 2.05) is 27.7 Å². The Morgan fingerprint density at radius 3 is 0.500 bits per heavy atom. The van der Waals surface area contributed by atoms with Crippen LogP contribution in [0.5, 0.6) is 0 Å². The second-order valence-corrected chi connectivity index (χ2v) is 1.63. The van der Waals surface area contributed by atoms with Gasteiger partial charge in [0.2, 0.25) is 0 Å². The molecule has 14 heavy (non-hydrogen) atoms. The summed E-state index contributed by atoms with van der Waals surface area (Å²) < 4.78 is 0. The van der Waals surface area contributed by atoms with Crippen molar-refractivity contribution in [2.75, 3.05) is 0 Å². The van der Waals surface area contributed by atoms with Gasteiger partial charge in [0.05, 0.1) is 0 Å². The normalized spacial score (nSPS) is 4.00. The Hall–Kier alpha value is -1.30. The standard InChI is InChI=1S/4C3H6.C2H4/c4*1-3-2;1-2/h4*3H,1H2,2H3;1-2H2. The summed E-state index contributed by atoms with van der Waals surface area (Å²) in [5.41, 5.74) is 0. The highest BCUT2D eigenvalue weighted by Crippen LogP contribution is 1.39. The van der Waals surface area contributed by atoms with E-state index >= 15 is 0 Å². The Morgan fingerprint density at radius 1 is 0.500 bits per heavy atom. The first-order valence-electron chi connectivity index (χ1n) is 4.44. The van der Waals surface area contributed by atoms with Crippen molar-refractivity contribution in [1.82, 2.24) is 0 Å². The zero-order valence-corrected chi connectivity index (χ0v) is 10.6. The number of hydrogen-bond acceptors (Lipinski definition) is 0. The second-order valence-electron chi connectivity index (χ2n) is 1.63. The Labute approximate surface area is 92.1 Å². The average Bonchev–Trinajstić information content (AvgIpc) is 2.12. The molecular weight excluding hydrogens is 168 g/mol. The first-order valence-corrected chi connectivity index (χ1v) is 4.44. The molecule has 0 aromatic rings. The van der Waals surface area contributed by atoms with Crippen molar-refractivity contribution in [3.8, 4) is 0 Å². The van der Waals surface area contributed by atoms with Gasteiger partial charge in [-0.2, -0.15) is 0 Å². The minimum Gasteiger partial charge on any atom is -0.106 e. The summed E-state index contributed by atoms with van der Waals surface area (Å²) in [4.78, 5) is 0. The highest BCUT2D eigenvalue weighted by Gasteiger charge is 1.15. The van der Waals surface area contributed by atoms with E-state index in [1.54, 1.807) is 24.3 Å². The van der Waals surface area contributed by atoms with Gasteiger partial charge in [0.25, 0.3) is 0 Å². The fourth-order valence-corrected chi connectivity index (χ4v) is 0. The van der Waals surface area contributed by atoms with Gasteiger partial charge >= 0.3 is 0 Å². The smallest absolute Gasteiger partial charge is 0.0473 e. The monoisotopic (exact) mass is 196 g/mol. The SMILES string of the molecule is C=C.C=CC.C=CC.C=CC.C=CC. The molecule has 0 radical (unpaired) electrons. The van der Waals surface area contributed by atoms with E-state index in [0.717, 1.165) is 0 Å². The van der Waals surface area contributed by atoms with Crippen molar-refractivity contribution < 1.29 is 0 Å². The molecule has 0 aromatic heterocycles. The number of hydrogen-bond donors (Lipinski definition) is 0. The molecule has 0 aliphatic rings. The van der Waals surface area contributed by atoms with E-state index in [4.69, 9.17) is 0 Å². The topological polar surface area (TPSA) is 0 Å². The number of allylic oxidation sites excluding steroid dienone is 4. The Balaban J connectivity index is -0.0000000243. The lowest BCUT2D eigenvalue weighted by molar-refractivity contribution is 1.80. The van der Waals surface area contributed by atoms with Crippen molar-refractivity contribution in [3.63, 3.8) is 0 Å². The third kappa shape index (κ3) is 596. The first-order chi connectivity index (χ1) is 6.66. The molecule has 0 nitrogen and oxygen atoms in total. The molecule has 0 spiro atoms. The third-order valence-corrected chi connectivity index (χ3v) is 0. The molecule has 0 fully saturated rings. The predicted molar refractivity (Wildman–Crippen MR) is 74.7 cm³/mol. The molecule has 0 aromatic carbocycles. The van der Waals surface area contributed by atoms with Gasteiger partial charge in [0.15, 0.2) is 0 Å². The summed E-state index contributed by atoms with van der Waals surface area (Å²) >= 11 is 0. The maximum absolute atomic E-state index is 3.36. The van der Waals surface area contributed by atoms with Crippen LogP contribution in [-0.4, -0.2) is 0 Å². The van der Waals surface area contributed by atoms with Crippen molar-refractivity contribution in [3.05, 3.63) is 63.8 Å². The van der Waals surface area contributed by atoms with Gasteiger partial charge < -0.3 is 0 Å². The molecule has 0 atom stereocenters. The van der Waals surface area contributed by atoms with Gasteiger partial charge in [-0.25, -0.2) is 0 Å². The summed E-state index contributed by atoms with van der Waals surface area (Å²) in [5.74, 6) is 0. The summed E-state index contributed by atoms with van der Waals surface area (Å²) in [6.07, 6.45) is 7.00. The van der Waals surface area contributed by atoms with E-state index in [0.29, 0.717) is 0 Å². The van der Waals surface area contributed by atoms with Crippen LogP contribution in [0, 0.1) is 0 Å². The van der Waals surface area contributed by atoms with Crippen LogP contribution < -0.4 is 0 Å². The molecule has 0 N–H and O–H groups in total. The maximum Gasteiger partial charge on any atom is -0.0473 e. The van der Waals surface area contributed by atoms with E-state index < -0.39 is 0 Å². The molecule has 0 heteroatoms. The zero-order chi connectivity index (χ0) is 12.8. The molecule has 0 heterocycles. The highest BCUT2D eigenvalue weighted by molar-refractivity contribution is 4.52. The van der Waals surface area contributed by atoms with E-state index in [9.17, 15) is 0 Å². The summed E-state index contributed by atoms with van der Waals surface area (Å²) in [5, 5.41) is 0. The Kier molecular flexibility index (Phi) is 385. The molecule has 0 rings (SSSR count). The zero-order valence-electron chi connectivity index (χ0n) is 10.6. The lowest BCUT2D eigenvalue weighted by Crippen LogP contribution is -1.07. The number of rotatable bonds is 0. The lowest BCUT2D eigenvalue weighted by atomic mass is 10.8. The van der Waals surface area contributed by atoms with Crippen LogP contribution in [0.3, 0.4) is 0 Å². The molecule has 0 unspecified atom stereocenters. The molecule has 0 saturated carbocycles. The fraction of sp³-hybridized carbons (Fsp3) is 0.286. The molecule has 0 amide bonds. The maximum atomic E-state index is 3.36. The largest absolute Gasteiger partial charge is 0.106 e. The van der Waals surface area contributed by atoms with E-state index in [2.05, 4.69) is 39.5 Å². The van der Waals surface area contributed by atoms with Crippen LogP contribution in [0.2, 0.25) is 0 Å². The Morgan fingerprint density at radius 2 is 0.500 bits per heavy atom. The quantitative estimate of drug-likeness (QED) is 0.444. The second kappa shape index (κ2) is 184. The van der Waals surface area contributed by atoms with E-state index in [1.165, 1.54) is 0 Å². The first kappa shape index (κ1) is 29.3. The van der Waals surface area contributed by atoms with Gasteiger partial charge in [-0.1, -0.05) is 24.3 Å². The summed E-state index contributed by atoms with van der Waals surface area (Å²) in [6, 6.07) is 0. The summed E-state index contributed by atoms with van der Waals surface area (Å²) in [6.45, 7) is 27.0. The van der Waals surface area contributed by atoms with Gasteiger partial charge in [0.1, 0.15) is 0 Å². The van der Waals surface area contributed by atoms with Crippen molar-refractivity contribution in [2.45, 2.75) is 27.7 Å². The van der Waals surface area contributed by atoms with Crippen molar-refractivity contribution in [2.24, 2.45) is 0 Å². The molecule has 0 saturated heterocycles. The van der Waals surface area contributed by atoms with Crippen LogP contribution in [0.25, 0.3) is 0 Å². The Bertz CT molecular complexity index is 64.2. The van der Waals surface area contributed by atoms with Gasteiger partial charge in [-0.3, -0.25) is 0 Å². The fourth-order valence-electron chi connectivity index (χ4n) is 0. The predicted octanol–water partition coefficient (Wildman–Crippen LogP) is 5.57. The highest BCUT2D eigenvalue weighted by atomic mass is 13.2. The minimum atomic E-state index is 1.75. The van der Waals surface area contributed by atoms with Crippen LogP contribution in [0.1, 0.15) is 27.7 Å². The van der Waals surface area contributed by atoms with Crippen LogP contribution in [0.4, 0.5) is 0 Å². The van der Waals surface area contributed by atoms with Crippen molar-refractivity contribution in [1.29, 1.82) is 0 Å². The van der Waals surface area contributed by atoms with Crippen LogP contribution >= 0.6 is 0 Å². The van der Waals surface area contributed by atoms with Crippen LogP contribution in [0.15, 0.2) is 63.8 Å². The van der Waals surface area contributed by atoms with Crippen LogP contribution in [-0.2, 0) is 0 Å². The molecule has 0 aliphatic heterocycles. The van der Waals surface area contributed by atoms with Gasteiger partial charge in [-0.15, -0.1) is 39.5 Å². The average molecular weight is 196 g/mol. The lowest BCUT2D eigenvalue weighted by Gasteiger charge is -1.31. The molecule has 0 bridgehead atoms. The van der Waals surface area contributed by atoms with Gasteiger partial charge in [0, 0.05) is 0 Å². The van der Waals surface area contributed by atoms with E-state index in [-0.39, 0.29) is 0 Å². The van der Waals surface area contributed by atoms with Crippen molar-refractivity contribution >= 4 is 0 Å². The minimum absolute atomic E-state index is 1.75. The molecule has 0 aliphatic carbocycles. The van der Waals surface area contributed by atoms with Gasteiger partial charge in [-0.05, 0) is 27.7 Å².